The molecule has 1 heterocycles. The molecule has 43 heavy (non-hydrogen) atoms. The summed E-state index contributed by atoms with van der Waals surface area (Å²) in [6, 6.07) is -23.4. The summed E-state index contributed by atoms with van der Waals surface area (Å²) < 4.78 is 237. The smallest absolute Gasteiger partial charge is 0.136 e. The van der Waals surface area contributed by atoms with Gasteiger partial charge >= 0.3 is 0 Å². The van der Waals surface area contributed by atoms with Gasteiger partial charge in [0.15, 0.2) is 0 Å². The molecule has 0 fully saturated rings. The molecule has 200 valence electrons. The molecule has 1 heteroatoms. The Bertz CT molecular complexity index is 3860. The monoisotopic (exact) mass is 572 g/mol. The molecule has 0 radical (unpaired) electrons. The molecule has 1 nitrogen and oxygen atoms in total. The van der Waals surface area contributed by atoms with Crippen LogP contribution in [0.15, 0.2) is 162 Å². The Labute approximate surface area is 285 Å². The summed E-state index contributed by atoms with van der Waals surface area (Å²) in [5.41, 5.74) is -5.74. The molecule has 0 amide bonds. The second kappa shape index (κ2) is 9.44. The van der Waals surface area contributed by atoms with Gasteiger partial charge in [-0.05, 0) is 95.9 Å². The van der Waals surface area contributed by atoms with E-state index in [0.717, 1.165) is 0 Å². The number of rotatable bonds is 3. The highest BCUT2D eigenvalue weighted by molar-refractivity contribution is 6.21. The number of hydrogen-bond acceptors (Lipinski definition) is 1. The van der Waals surface area contributed by atoms with Crippen molar-refractivity contribution < 1.29 is 40.1 Å². The van der Waals surface area contributed by atoms with Crippen molar-refractivity contribution in [3.63, 3.8) is 0 Å². The topological polar surface area (TPSA) is 13.1 Å². The molecule has 0 atom stereocenters. The SMILES string of the molecule is [2H]c1c([2H])c([2H])c(-c2c3c([2H])c([2H])c([2H])c([2H])c3c(-c3c([2H])c([2H])c([2H])c(-c4c([2H])c([2H])c5oc6c([2H])c7c([2H])c([2H])c([2H])c([2H])c7c([2H])c6c5c4[2H])c3[2H])c3c([2H])c([2H])c([2H])c([2H])c23)c([2H])c1[2H]. The molecule has 0 aliphatic carbocycles. The lowest BCUT2D eigenvalue weighted by molar-refractivity contribution is 0.669. The maximum absolute atomic E-state index is 9.79. The van der Waals surface area contributed by atoms with Gasteiger partial charge < -0.3 is 4.42 Å². The summed E-state index contributed by atoms with van der Waals surface area (Å²) in [5.74, 6) is 0. The first-order valence-electron chi connectivity index (χ1n) is 25.7. The van der Waals surface area contributed by atoms with Crippen LogP contribution in [0.3, 0.4) is 0 Å². The lowest BCUT2D eigenvalue weighted by atomic mass is 9.85. The van der Waals surface area contributed by atoms with Gasteiger partial charge in [0, 0.05) is 10.8 Å². The highest BCUT2D eigenvalue weighted by Gasteiger charge is 2.17. The van der Waals surface area contributed by atoms with Crippen LogP contribution in [0.2, 0.25) is 0 Å². The molecule has 0 aliphatic heterocycles. The Morgan fingerprint density at radius 2 is 0.837 bits per heavy atom. The molecule has 0 saturated heterocycles. The van der Waals surface area contributed by atoms with E-state index in [4.69, 9.17) is 29.1 Å². The molecule has 0 N–H and O–H groups in total. The molecule has 0 bridgehead atoms. The van der Waals surface area contributed by atoms with Crippen molar-refractivity contribution in [3.8, 4) is 33.4 Å². The Morgan fingerprint density at radius 1 is 0.326 bits per heavy atom. The number of furan rings is 1. The molecule has 8 aromatic carbocycles. The van der Waals surface area contributed by atoms with E-state index in [1.54, 1.807) is 0 Å². The molecule has 1 aromatic heterocycles. The Hall–Kier alpha value is -5.66. The van der Waals surface area contributed by atoms with Crippen LogP contribution in [0.1, 0.15) is 35.6 Å². The maximum Gasteiger partial charge on any atom is 0.136 e. The maximum atomic E-state index is 9.79. The van der Waals surface area contributed by atoms with Crippen LogP contribution in [0.25, 0.3) is 87.6 Å². The van der Waals surface area contributed by atoms with Gasteiger partial charge in [-0.15, -0.1) is 0 Å². The predicted molar refractivity (Wildman–Crippen MR) is 183 cm³/mol. The van der Waals surface area contributed by atoms with Crippen molar-refractivity contribution in [2.45, 2.75) is 0 Å². The molecule has 0 spiro atoms. The Balaban J connectivity index is 1.55. The van der Waals surface area contributed by atoms with E-state index in [1.807, 2.05) is 0 Å². The van der Waals surface area contributed by atoms with Crippen molar-refractivity contribution in [2.75, 3.05) is 0 Å². The molecular formula is C42H26O. The summed E-state index contributed by atoms with van der Waals surface area (Å²) in [7, 11) is 0. The first kappa shape index (κ1) is 9.69. The molecule has 0 unspecified atom stereocenters. The minimum atomic E-state index is -1.06. The first-order valence-corrected chi connectivity index (χ1v) is 12.7. The number of benzene rings is 8. The molecule has 0 aliphatic rings. The first-order chi connectivity index (χ1) is 32.2. The molecule has 0 saturated carbocycles. The highest BCUT2D eigenvalue weighted by atomic mass is 16.3. The van der Waals surface area contributed by atoms with Gasteiger partial charge in [0.1, 0.15) is 11.2 Å². The van der Waals surface area contributed by atoms with Crippen LogP contribution < -0.4 is 0 Å². The number of hydrogen-bond donors (Lipinski definition) is 0. The van der Waals surface area contributed by atoms with Crippen molar-refractivity contribution in [1.29, 1.82) is 0 Å². The normalized spacial score (nSPS) is 20.2. The summed E-state index contributed by atoms with van der Waals surface area (Å²) >= 11 is 0. The van der Waals surface area contributed by atoms with Gasteiger partial charge in [0.05, 0.1) is 35.6 Å². The summed E-state index contributed by atoms with van der Waals surface area (Å²) in [6.07, 6.45) is 0. The van der Waals surface area contributed by atoms with E-state index in [0.29, 0.717) is 0 Å². The Kier molecular flexibility index (Phi) is 2.13. The molecule has 9 aromatic rings. The predicted octanol–water partition coefficient (Wildman–Crippen LogP) is 12.0. The van der Waals surface area contributed by atoms with E-state index in [-0.39, 0.29) is 0 Å². The summed E-state index contributed by atoms with van der Waals surface area (Å²) in [6.45, 7) is 0. The van der Waals surface area contributed by atoms with Gasteiger partial charge in [0.25, 0.3) is 0 Å². The van der Waals surface area contributed by atoms with E-state index in [1.165, 1.54) is 0 Å². The second-order valence-corrected chi connectivity index (χ2v) is 9.26. The fourth-order valence-electron chi connectivity index (χ4n) is 5.08. The van der Waals surface area contributed by atoms with Gasteiger partial charge in [0.2, 0.25) is 0 Å². The van der Waals surface area contributed by atoms with Crippen LogP contribution in [-0.2, 0) is 0 Å². The minimum absolute atomic E-state index is 0.425. The van der Waals surface area contributed by atoms with Gasteiger partial charge in [-0.2, -0.15) is 0 Å². The second-order valence-electron chi connectivity index (χ2n) is 9.26. The van der Waals surface area contributed by atoms with E-state index >= 15 is 0 Å². The quantitative estimate of drug-likeness (QED) is 0.192. The third-order valence-electron chi connectivity index (χ3n) is 6.89. The van der Waals surface area contributed by atoms with Crippen LogP contribution in [0.5, 0.6) is 0 Å². The fourth-order valence-corrected chi connectivity index (χ4v) is 5.08. The third-order valence-corrected chi connectivity index (χ3v) is 6.89. The van der Waals surface area contributed by atoms with Crippen LogP contribution >= 0.6 is 0 Å². The summed E-state index contributed by atoms with van der Waals surface area (Å²) in [5, 5.41) is -4.65. The van der Waals surface area contributed by atoms with E-state index in [9.17, 15) is 11.0 Å². The zero-order valence-corrected chi connectivity index (χ0v) is 21.4. The van der Waals surface area contributed by atoms with Crippen LogP contribution in [0.4, 0.5) is 0 Å². The van der Waals surface area contributed by atoms with E-state index < -0.39 is 245 Å². The Morgan fingerprint density at radius 3 is 1.53 bits per heavy atom. The van der Waals surface area contributed by atoms with Crippen molar-refractivity contribution in [3.05, 3.63) is 157 Å². The largest absolute Gasteiger partial charge is 0.456 e. The van der Waals surface area contributed by atoms with Crippen molar-refractivity contribution >= 4 is 54.3 Å². The third kappa shape index (κ3) is 3.79. The van der Waals surface area contributed by atoms with E-state index in [2.05, 4.69) is 0 Å². The van der Waals surface area contributed by atoms with Gasteiger partial charge in [-0.1, -0.05) is 127 Å². The van der Waals surface area contributed by atoms with Crippen LogP contribution in [0, 0.1) is 0 Å². The standard InChI is InChI=1S/C42H26O/c1-2-11-27(12-3-1)41-33-17-6-8-19-35(33)42(36-20-9-7-18-34(36)41)32-16-10-15-28(23-32)31-21-22-39-37(25-31)38-24-29-13-4-5-14-30(29)26-40(38)43-39/h1-26H/i1D,2D,3D,4D,5D,6D,7D,8D,9D,10D,11D,12D,13D,14D,15D,16D,17D,18D,19D,20D,21D,22D,23D,24D,25D,26D. The highest BCUT2D eigenvalue weighted by Crippen LogP contribution is 2.44. The van der Waals surface area contributed by atoms with Gasteiger partial charge in [-0.3, -0.25) is 0 Å². The van der Waals surface area contributed by atoms with Gasteiger partial charge in [-0.25, -0.2) is 0 Å². The molecule has 9 rings (SSSR count). The lowest BCUT2D eigenvalue weighted by Gasteiger charge is -2.18. The van der Waals surface area contributed by atoms with Crippen molar-refractivity contribution in [2.24, 2.45) is 0 Å². The zero-order valence-electron chi connectivity index (χ0n) is 47.4. The number of fused-ring (bicyclic) bond motifs is 6. The molecular weight excluding hydrogens is 520 g/mol. The minimum Gasteiger partial charge on any atom is -0.456 e. The van der Waals surface area contributed by atoms with Crippen LogP contribution in [-0.4, -0.2) is 0 Å². The average Bonchev–Trinajstić information content (AvgIpc) is 3.74. The summed E-state index contributed by atoms with van der Waals surface area (Å²) in [4.78, 5) is 0. The zero-order chi connectivity index (χ0) is 51.0. The average molecular weight is 573 g/mol. The van der Waals surface area contributed by atoms with Crippen molar-refractivity contribution in [1.82, 2.24) is 0 Å². The fraction of sp³-hybridized carbons (Fsp3) is 0. The lowest BCUT2D eigenvalue weighted by Crippen LogP contribution is -1.91.